The van der Waals surface area contributed by atoms with Crippen molar-refractivity contribution in [3.05, 3.63) is 23.5 Å². The fourth-order valence-corrected chi connectivity index (χ4v) is 2.61. The lowest BCUT2D eigenvalue weighted by Gasteiger charge is -2.08. The predicted octanol–water partition coefficient (Wildman–Crippen LogP) is 2.40. The van der Waals surface area contributed by atoms with Crippen molar-refractivity contribution in [2.75, 3.05) is 0 Å². The molecule has 22 heavy (non-hydrogen) atoms. The molecule has 8 heteroatoms. The molecule has 0 aliphatic carbocycles. The zero-order valence-corrected chi connectivity index (χ0v) is 14.4. The van der Waals surface area contributed by atoms with Crippen molar-refractivity contribution in [3.63, 3.8) is 0 Å². The van der Waals surface area contributed by atoms with Gasteiger partial charge >= 0.3 is 6.03 Å². The molecular formula is C14H25N5O2S. The van der Waals surface area contributed by atoms with Crippen molar-refractivity contribution in [2.45, 2.75) is 58.2 Å². The van der Waals surface area contributed by atoms with Crippen LogP contribution in [0.4, 0.5) is 4.79 Å². The number of rotatable bonds is 6. The molecule has 124 valence electrons. The predicted molar refractivity (Wildman–Crippen MR) is 88.0 cm³/mol. The van der Waals surface area contributed by atoms with Crippen molar-refractivity contribution in [3.8, 4) is 0 Å². The molecule has 1 aromatic heterocycles. The Morgan fingerprint density at radius 3 is 2.64 bits per heavy atom. The Labute approximate surface area is 133 Å². The minimum Gasteiger partial charge on any atom is -0.390 e. The molecule has 7 nitrogen and oxygen atoms in total. The number of nitrogens with one attached hydrogen (secondary N) is 1. The van der Waals surface area contributed by atoms with Crippen LogP contribution in [0.2, 0.25) is 0 Å². The molecule has 0 saturated heterocycles. The summed E-state index contributed by atoms with van der Waals surface area (Å²) in [6, 6.07) is 1.29. The number of amides is 2. The number of hydrogen-bond donors (Lipinski definition) is 3. The van der Waals surface area contributed by atoms with Gasteiger partial charge in [-0.05, 0) is 32.8 Å². The fourth-order valence-electron chi connectivity index (χ4n) is 1.86. The lowest BCUT2D eigenvalue weighted by molar-refractivity contribution is 0.252. The molecule has 0 saturated carbocycles. The standard InChI is InChI=1S/C14H25N5O2S/c1-5-11(6-2)8-16-14(21)18-22(15)13-7-12(9-20)19(17-13)10(3)4/h7-8,10,20H,5-6,9H2,1-4H3,(H3,15,16,18,21). The largest absolute Gasteiger partial charge is 0.390 e. The summed E-state index contributed by atoms with van der Waals surface area (Å²) >= 11 is 0. The second kappa shape index (κ2) is 8.82. The van der Waals surface area contributed by atoms with E-state index in [1.807, 2.05) is 27.7 Å². The summed E-state index contributed by atoms with van der Waals surface area (Å²) < 4.78 is 5.57. The first kappa shape index (κ1) is 18.5. The minimum absolute atomic E-state index is 0.0985. The van der Waals surface area contributed by atoms with Gasteiger partial charge in [0.1, 0.15) is 5.03 Å². The second-order valence-corrected chi connectivity index (χ2v) is 6.27. The van der Waals surface area contributed by atoms with Crippen molar-refractivity contribution in [1.29, 1.82) is 0 Å². The van der Waals surface area contributed by atoms with E-state index >= 15 is 0 Å². The summed E-state index contributed by atoms with van der Waals surface area (Å²) in [6.07, 6.45) is 3.43. The first-order valence-corrected chi connectivity index (χ1v) is 8.55. The lowest BCUT2D eigenvalue weighted by atomic mass is 10.2. The molecule has 0 fully saturated rings. The molecule has 1 heterocycles. The van der Waals surface area contributed by atoms with Gasteiger partial charge < -0.3 is 10.4 Å². The van der Waals surface area contributed by atoms with Crippen LogP contribution in [-0.4, -0.2) is 20.9 Å². The minimum atomic E-state index is -1.15. The molecule has 1 aromatic rings. The van der Waals surface area contributed by atoms with Gasteiger partial charge in [-0.1, -0.05) is 19.4 Å². The van der Waals surface area contributed by atoms with Crippen LogP contribution in [0.15, 0.2) is 27.2 Å². The van der Waals surface area contributed by atoms with Gasteiger partial charge in [-0.3, -0.25) is 9.82 Å². The molecule has 0 aliphatic heterocycles. The highest BCUT2D eigenvalue weighted by Crippen LogP contribution is 2.13. The number of aromatic nitrogens is 2. The summed E-state index contributed by atoms with van der Waals surface area (Å²) in [4.78, 5) is 11.8. The monoisotopic (exact) mass is 327 g/mol. The van der Waals surface area contributed by atoms with Crippen LogP contribution in [0.1, 0.15) is 52.3 Å². The Balaban J connectivity index is 2.88. The zero-order valence-electron chi connectivity index (χ0n) is 13.5. The number of carbonyl (C=O) groups excluding carboxylic acids is 1. The number of carbonyl (C=O) groups is 1. The Bertz CT molecular complexity index is 572. The summed E-state index contributed by atoms with van der Waals surface area (Å²) in [6.45, 7) is 7.84. The van der Waals surface area contributed by atoms with Crippen molar-refractivity contribution < 1.29 is 9.90 Å². The van der Waals surface area contributed by atoms with Gasteiger partial charge in [-0.2, -0.15) is 5.10 Å². The number of hydrogen-bond acceptors (Lipinski definition) is 3. The molecule has 0 aromatic carbocycles. The number of nitrogens with two attached hydrogens (primary N) is 1. The Morgan fingerprint density at radius 1 is 1.55 bits per heavy atom. The summed E-state index contributed by atoms with van der Waals surface area (Å²) in [5.74, 6) is 0. The van der Waals surface area contributed by atoms with E-state index in [1.165, 1.54) is 0 Å². The van der Waals surface area contributed by atoms with Crippen LogP contribution in [0.3, 0.4) is 0 Å². The SMILES string of the molecule is CCC(=CNC(=O)N=S(N)c1cc(CO)n(C(C)C)n1)CC. The number of allylic oxidation sites excluding steroid dienone is 1. The van der Waals surface area contributed by atoms with Crippen molar-refractivity contribution >= 4 is 16.9 Å². The zero-order chi connectivity index (χ0) is 16.7. The van der Waals surface area contributed by atoms with Gasteiger partial charge in [-0.25, -0.2) is 4.79 Å². The first-order valence-electron chi connectivity index (χ1n) is 7.31. The second-order valence-electron chi connectivity index (χ2n) is 5.04. The van der Waals surface area contributed by atoms with E-state index in [9.17, 15) is 9.90 Å². The van der Waals surface area contributed by atoms with Gasteiger partial charge in [0.2, 0.25) is 0 Å². The van der Waals surface area contributed by atoms with Crippen LogP contribution in [0, 0.1) is 0 Å². The Morgan fingerprint density at radius 2 is 2.18 bits per heavy atom. The van der Waals surface area contributed by atoms with Gasteiger partial charge in [0, 0.05) is 23.1 Å². The Hall–Kier alpha value is -1.51. The van der Waals surface area contributed by atoms with E-state index in [0.29, 0.717) is 10.7 Å². The number of nitrogens with zero attached hydrogens (tertiary/aromatic N) is 3. The molecule has 1 rings (SSSR count). The van der Waals surface area contributed by atoms with Crippen molar-refractivity contribution in [2.24, 2.45) is 9.50 Å². The highest BCUT2D eigenvalue weighted by Gasteiger charge is 2.12. The smallest absolute Gasteiger partial charge is 0.352 e. The van der Waals surface area contributed by atoms with Gasteiger partial charge in [0.25, 0.3) is 0 Å². The quantitative estimate of drug-likeness (QED) is 0.746. The van der Waals surface area contributed by atoms with Gasteiger partial charge in [0.05, 0.1) is 12.3 Å². The average molecular weight is 327 g/mol. The Kier molecular flexibility index (Phi) is 7.43. The van der Waals surface area contributed by atoms with Crippen LogP contribution in [0.5, 0.6) is 0 Å². The third-order valence-electron chi connectivity index (χ3n) is 3.15. The molecular weight excluding hydrogens is 302 g/mol. The molecule has 1 unspecified atom stereocenters. The van der Waals surface area contributed by atoms with Crippen LogP contribution >= 0.6 is 0 Å². The van der Waals surface area contributed by atoms with Crippen LogP contribution in [-0.2, 0) is 17.5 Å². The molecule has 0 spiro atoms. The van der Waals surface area contributed by atoms with Crippen molar-refractivity contribution in [1.82, 2.24) is 15.1 Å². The molecule has 0 radical (unpaired) electrons. The number of urea groups is 1. The van der Waals surface area contributed by atoms with E-state index in [0.717, 1.165) is 18.4 Å². The molecule has 0 aliphatic rings. The summed E-state index contributed by atoms with van der Waals surface area (Å²) in [7, 11) is -1.15. The number of aliphatic hydroxyl groups is 1. The van der Waals surface area contributed by atoms with E-state index in [2.05, 4.69) is 14.8 Å². The maximum absolute atomic E-state index is 11.8. The fraction of sp³-hybridized carbons (Fsp3) is 0.571. The highest BCUT2D eigenvalue weighted by atomic mass is 32.2. The lowest BCUT2D eigenvalue weighted by Crippen LogP contribution is -2.17. The van der Waals surface area contributed by atoms with E-state index in [-0.39, 0.29) is 12.6 Å². The molecule has 0 bridgehead atoms. The molecule has 2 amide bonds. The maximum Gasteiger partial charge on any atom is 0.352 e. The maximum atomic E-state index is 11.8. The molecule has 1 atom stereocenters. The van der Waals surface area contributed by atoms with E-state index in [4.69, 9.17) is 5.14 Å². The highest BCUT2D eigenvalue weighted by molar-refractivity contribution is 7.85. The summed E-state index contributed by atoms with van der Waals surface area (Å²) in [5, 5.41) is 22.7. The number of aliphatic hydroxyl groups excluding tert-OH is 1. The van der Waals surface area contributed by atoms with E-state index < -0.39 is 16.9 Å². The van der Waals surface area contributed by atoms with Gasteiger partial charge in [-0.15, -0.1) is 4.36 Å². The first-order chi connectivity index (χ1) is 10.4. The van der Waals surface area contributed by atoms with Gasteiger partial charge in [0.15, 0.2) is 0 Å². The molecule has 4 N–H and O–H groups in total. The van der Waals surface area contributed by atoms with E-state index in [1.54, 1.807) is 16.9 Å². The van der Waals surface area contributed by atoms with Crippen LogP contribution < -0.4 is 10.5 Å². The van der Waals surface area contributed by atoms with Crippen LogP contribution in [0.25, 0.3) is 0 Å². The normalized spacial score (nSPS) is 12.5. The average Bonchev–Trinajstić information content (AvgIpc) is 2.92. The third kappa shape index (κ3) is 5.04. The topological polar surface area (TPSA) is 106 Å². The summed E-state index contributed by atoms with van der Waals surface area (Å²) in [5.41, 5.74) is 1.79. The third-order valence-corrected chi connectivity index (χ3v) is 4.14.